The van der Waals surface area contributed by atoms with Crippen molar-refractivity contribution < 1.29 is 4.74 Å². The Bertz CT molecular complexity index is 543. The highest BCUT2D eigenvalue weighted by molar-refractivity contribution is 6.30. The van der Waals surface area contributed by atoms with Gasteiger partial charge in [-0.2, -0.15) is 0 Å². The van der Waals surface area contributed by atoms with Crippen LogP contribution in [-0.2, 0) is 10.2 Å². The lowest BCUT2D eigenvalue weighted by Gasteiger charge is -2.35. The number of anilines is 1. The fraction of sp³-hybridized carbons (Fsp3) is 0.625. The predicted octanol–water partition coefficient (Wildman–Crippen LogP) is 2.90. The van der Waals surface area contributed by atoms with Gasteiger partial charge in [-0.3, -0.25) is 0 Å². The van der Waals surface area contributed by atoms with Crippen molar-refractivity contribution in [2.45, 2.75) is 43.9 Å². The molecule has 0 amide bonds. The minimum Gasteiger partial charge on any atom is -0.358 e. The summed E-state index contributed by atoms with van der Waals surface area (Å²) in [6, 6.07) is 6.73. The van der Waals surface area contributed by atoms with E-state index >= 15 is 0 Å². The highest BCUT2D eigenvalue weighted by Gasteiger charge is 2.70. The molecule has 4 unspecified atom stereocenters. The number of nitrogens with zero attached hydrogens (tertiary/aromatic N) is 1. The third-order valence-corrected chi connectivity index (χ3v) is 5.78. The molecule has 1 aromatic carbocycles. The molecule has 0 radical (unpaired) electrons. The third kappa shape index (κ3) is 1.49. The quantitative estimate of drug-likeness (QED) is 0.911. The van der Waals surface area contributed by atoms with Crippen LogP contribution in [0.15, 0.2) is 18.2 Å². The first-order chi connectivity index (χ1) is 9.70. The van der Waals surface area contributed by atoms with Gasteiger partial charge >= 0.3 is 0 Å². The molecule has 4 rings (SSSR count). The minimum absolute atomic E-state index is 0.0983. The Morgan fingerprint density at radius 1 is 1.45 bits per heavy atom. The zero-order valence-corrected chi connectivity index (χ0v) is 12.6. The molecule has 2 N–H and O–H groups in total. The van der Waals surface area contributed by atoms with Crippen LogP contribution < -0.4 is 10.6 Å². The van der Waals surface area contributed by atoms with Gasteiger partial charge in [-0.25, -0.2) is 0 Å². The van der Waals surface area contributed by atoms with Gasteiger partial charge in [-0.1, -0.05) is 18.5 Å². The van der Waals surface area contributed by atoms with E-state index in [0.29, 0.717) is 18.5 Å². The number of hydrogen-bond donors (Lipinski definition) is 1. The van der Waals surface area contributed by atoms with Gasteiger partial charge in [0.25, 0.3) is 0 Å². The Morgan fingerprint density at radius 3 is 3.00 bits per heavy atom. The number of benzene rings is 1. The number of nitrogens with two attached hydrogens (primary N) is 1. The van der Waals surface area contributed by atoms with Crippen LogP contribution in [-0.4, -0.2) is 25.4 Å². The largest absolute Gasteiger partial charge is 0.358 e. The lowest BCUT2D eigenvalue weighted by atomic mass is 9.93. The standard InChI is InChI=1S/C16H21ClN2O/c1-10-15-16(10,9-18)12-8-11(17)5-6-13(12)19(15)14-4-2-3-7-20-14/h5-6,8,10,14-15H,2-4,7,9,18H2,1H3. The van der Waals surface area contributed by atoms with E-state index in [1.807, 2.05) is 6.07 Å². The van der Waals surface area contributed by atoms with Crippen LogP contribution >= 0.6 is 11.6 Å². The van der Waals surface area contributed by atoms with E-state index in [4.69, 9.17) is 22.1 Å². The van der Waals surface area contributed by atoms with E-state index in [1.54, 1.807) is 0 Å². The zero-order valence-electron chi connectivity index (χ0n) is 11.8. The van der Waals surface area contributed by atoms with Crippen molar-refractivity contribution in [3.8, 4) is 0 Å². The SMILES string of the molecule is CC1C2N(C3CCCCO3)c3ccc(Cl)cc3C12CN. The summed E-state index contributed by atoms with van der Waals surface area (Å²) in [6.07, 6.45) is 3.76. The Kier molecular flexibility index (Phi) is 2.82. The monoisotopic (exact) mass is 292 g/mol. The predicted molar refractivity (Wildman–Crippen MR) is 81.2 cm³/mol. The molecule has 4 heteroatoms. The lowest BCUT2D eigenvalue weighted by molar-refractivity contribution is 0.0131. The lowest BCUT2D eigenvalue weighted by Crippen LogP contribution is -2.41. The maximum absolute atomic E-state index is 6.22. The zero-order chi connectivity index (χ0) is 13.9. The smallest absolute Gasteiger partial charge is 0.130 e. The molecular weight excluding hydrogens is 272 g/mol. The van der Waals surface area contributed by atoms with Crippen molar-refractivity contribution in [2.75, 3.05) is 18.1 Å². The second-order valence-corrected chi connectivity index (χ2v) is 6.80. The second kappa shape index (κ2) is 4.36. The summed E-state index contributed by atoms with van der Waals surface area (Å²) >= 11 is 6.22. The Labute approximate surface area is 125 Å². The van der Waals surface area contributed by atoms with E-state index in [9.17, 15) is 0 Å². The molecule has 3 nitrogen and oxygen atoms in total. The summed E-state index contributed by atoms with van der Waals surface area (Å²) in [7, 11) is 0. The molecule has 4 atom stereocenters. The molecule has 108 valence electrons. The normalized spacial score (nSPS) is 38.5. The van der Waals surface area contributed by atoms with Crippen LogP contribution in [0.4, 0.5) is 5.69 Å². The van der Waals surface area contributed by atoms with Gasteiger partial charge < -0.3 is 15.4 Å². The maximum Gasteiger partial charge on any atom is 0.130 e. The van der Waals surface area contributed by atoms with Gasteiger partial charge in [0, 0.05) is 35.3 Å². The summed E-state index contributed by atoms with van der Waals surface area (Å²) in [4.78, 5) is 2.49. The molecule has 2 heterocycles. The average Bonchev–Trinajstić information content (AvgIpc) is 2.95. The molecule has 20 heavy (non-hydrogen) atoms. The Balaban J connectivity index is 1.79. The third-order valence-electron chi connectivity index (χ3n) is 5.55. The Hall–Kier alpha value is -0.770. The highest BCUT2D eigenvalue weighted by Crippen LogP contribution is 2.65. The molecule has 1 aliphatic carbocycles. The molecule has 1 aromatic rings. The molecular formula is C16H21ClN2O. The summed E-state index contributed by atoms with van der Waals surface area (Å²) in [5, 5.41) is 0.806. The van der Waals surface area contributed by atoms with Gasteiger partial charge in [0.2, 0.25) is 0 Å². The van der Waals surface area contributed by atoms with Gasteiger partial charge in [0.1, 0.15) is 6.23 Å². The van der Waals surface area contributed by atoms with Gasteiger partial charge in [-0.15, -0.1) is 0 Å². The second-order valence-electron chi connectivity index (χ2n) is 6.37. The molecule has 1 saturated carbocycles. The molecule has 0 aromatic heterocycles. The van der Waals surface area contributed by atoms with E-state index in [0.717, 1.165) is 18.1 Å². The van der Waals surface area contributed by atoms with Crippen molar-refractivity contribution >= 4 is 17.3 Å². The van der Waals surface area contributed by atoms with Crippen LogP contribution in [0.25, 0.3) is 0 Å². The molecule has 1 saturated heterocycles. The van der Waals surface area contributed by atoms with Crippen molar-refractivity contribution in [1.82, 2.24) is 0 Å². The fourth-order valence-corrected chi connectivity index (χ4v) is 4.62. The van der Waals surface area contributed by atoms with Gasteiger partial charge in [0.15, 0.2) is 0 Å². The van der Waals surface area contributed by atoms with Crippen molar-refractivity contribution in [1.29, 1.82) is 0 Å². The van der Waals surface area contributed by atoms with E-state index in [-0.39, 0.29) is 11.6 Å². The van der Waals surface area contributed by atoms with Crippen LogP contribution in [0.1, 0.15) is 31.7 Å². The minimum atomic E-state index is 0.0983. The number of halogens is 1. The molecule has 3 aliphatic rings. The van der Waals surface area contributed by atoms with Crippen molar-refractivity contribution in [2.24, 2.45) is 11.7 Å². The number of hydrogen-bond acceptors (Lipinski definition) is 3. The highest BCUT2D eigenvalue weighted by atomic mass is 35.5. The van der Waals surface area contributed by atoms with E-state index in [1.165, 1.54) is 24.1 Å². The van der Waals surface area contributed by atoms with Crippen LogP contribution in [0.3, 0.4) is 0 Å². The fourth-order valence-electron chi connectivity index (χ4n) is 4.45. The molecule has 0 bridgehead atoms. The van der Waals surface area contributed by atoms with Crippen molar-refractivity contribution in [3.05, 3.63) is 28.8 Å². The number of rotatable bonds is 2. The first-order valence-corrected chi connectivity index (χ1v) is 7.98. The van der Waals surface area contributed by atoms with Crippen LogP contribution in [0, 0.1) is 5.92 Å². The van der Waals surface area contributed by atoms with Gasteiger partial charge in [0.05, 0.1) is 0 Å². The maximum atomic E-state index is 6.22. The van der Waals surface area contributed by atoms with Gasteiger partial charge in [-0.05, 0) is 48.9 Å². The molecule has 0 spiro atoms. The first-order valence-electron chi connectivity index (χ1n) is 7.60. The topological polar surface area (TPSA) is 38.5 Å². The summed E-state index contributed by atoms with van der Waals surface area (Å²) < 4.78 is 6.04. The molecule has 2 fully saturated rings. The Morgan fingerprint density at radius 2 is 2.30 bits per heavy atom. The van der Waals surface area contributed by atoms with E-state index in [2.05, 4.69) is 24.0 Å². The summed E-state index contributed by atoms with van der Waals surface area (Å²) in [5.41, 5.74) is 8.86. The molecule has 2 aliphatic heterocycles. The average molecular weight is 293 g/mol. The van der Waals surface area contributed by atoms with Crippen molar-refractivity contribution in [3.63, 3.8) is 0 Å². The summed E-state index contributed by atoms with van der Waals surface area (Å²) in [6.45, 7) is 3.87. The van der Waals surface area contributed by atoms with Crippen LogP contribution in [0.2, 0.25) is 5.02 Å². The number of ether oxygens (including phenoxy) is 1. The van der Waals surface area contributed by atoms with Crippen LogP contribution in [0.5, 0.6) is 0 Å². The number of fused-ring (bicyclic) bond motifs is 3. The first kappa shape index (κ1) is 12.9. The van der Waals surface area contributed by atoms with E-state index < -0.39 is 0 Å². The summed E-state index contributed by atoms with van der Waals surface area (Å²) in [5.74, 6) is 0.587.